The van der Waals surface area contributed by atoms with E-state index in [4.69, 9.17) is 11.6 Å². The van der Waals surface area contributed by atoms with Crippen LogP contribution >= 0.6 is 11.6 Å². The Morgan fingerprint density at radius 3 is 2.62 bits per heavy atom. The number of hydrogen-bond acceptors (Lipinski definition) is 2. The maximum atomic E-state index is 12.1. The maximum Gasteiger partial charge on any atom is 0.281 e. The van der Waals surface area contributed by atoms with Crippen molar-refractivity contribution in [2.75, 3.05) is 26.0 Å². The molecule has 0 amide bonds. The predicted octanol–water partition coefficient (Wildman–Crippen LogP) is 1.52. The first-order chi connectivity index (χ1) is 7.39. The first kappa shape index (κ1) is 14.2. The van der Waals surface area contributed by atoms with E-state index in [1.807, 2.05) is 13.8 Å². The van der Waals surface area contributed by atoms with Crippen LogP contribution < -0.4 is 0 Å². The van der Waals surface area contributed by atoms with Crippen LogP contribution in [0.4, 0.5) is 0 Å². The van der Waals surface area contributed by atoms with Crippen LogP contribution in [0.2, 0.25) is 0 Å². The van der Waals surface area contributed by atoms with Gasteiger partial charge in [-0.3, -0.25) is 0 Å². The standard InChI is InChI=1S/C10H21ClN2O2S/c1-9(2)12(3)16(14,15)13-7-5-10(8-13)4-6-11/h9-10H,4-8H2,1-3H3. The van der Waals surface area contributed by atoms with Crippen molar-refractivity contribution in [1.82, 2.24) is 8.61 Å². The van der Waals surface area contributed by atoms with Gasteiger partial charge in [0.25, 0.3) is 10.2 Å². The van der Waals surface area contributed by atoms with E-state index in [0.29, 0.717) is 24.9 Å². The highest BCUT2D eigenvalue weighted by Crippen LogP contribution is 2.24. The average Bonchev–Trinajstić information content (AvgIpc) is 2.66. The van der Waals surface area contributed by atoms with Crippen LogP contribution in [-0.2, 0) is 10.2 Å². The SMILES string of the molecule is CC(C)N(C)S(=O)(=O)N1CCC(CCCl)C1. The molecule has 1 aliphatic heterocycles. The number of alkyl halides is 1. The zero-order valence-electron chi connectivity index (χ0n) is 10.2. The molecular weight excluding hydrogens is 248 g/mol. The van der Waals surface area contributed by atoms with Crippen LogP contribution in [0, 0.1) is 5.92 Å². The lowest BCUT2D eigenvalue weighted by atomic mass is 10.1. The molecule has 0 N–H and O–H groups in total. The van der Waals surface area contributed by atoms with Crippen molar-refractivity contribution in [2.45, 2.75) is 32.7 Å². The molecule has 0 aromatic rings. The lowest BCUT2D eigenvalue weighted by molar-refractivity contribution is 0.354. The summed E-state index contributed by atoms with van der Waals surface area (Å²) in [6.07, 6.45) is 1.83. The van der Waals surface area contributed by atoms with E-state index < -0.39 is 10.2 Å². The van der Waals surface area contributed by atoms with E-state index in [9.17, 15) is 8.42 Å². The summed E-state index contributed by atoms with van der Waals surface area (Å²) in [5, 5.41) is 0. The van der Waals surface area contributed by atoms with Gasteiger partial charge in [-0.1, -0.05) is 0 Å². The van der Waals surface area contributed by atoms with E-state index in [-0.39, 0.29) is 6.04 Å². The maximum absolute atomic E-state index is 12.1. The van der Waals surface area contributed by atoms with E-state index in [0.717, 1.165) is 12.8 Å². The van der Waals surface area contributed by atoms with Gasteiger partial charge < -0.3 is 0 Å². The van der Waals surface area contributed by atoms with Crippen molar-refractivity contribution in [3.63, 3.8) is 0 Å². The lowest BCUT2D eigenvalue weighted by Crippen LogP contribution is -2.43. The fourth-order valence-electron chi connectivity index (χ4n) is 1.85. The molecule has 1 saturated heterocycles. The topological polar surface area (TPSA) is 40.6 Å². The monoisotopic (exact) mass is 268 g/mol. The number of rotatable bonds is 5. The highest BCUT2D eigenvalue weighted by Gasteiger charge is 2.34. The molecule has 1 fully saturated rings. The summed E-state index contributed by atoms with van der Waals surface area (Å²) >= 11 is 5.68. The summed E-state index contributed by atoms with van der Waals surface area (Å²) in [4.78, 5) is 0. The van der Waals surface area contributed by atoms with Crippen LogP contribution in [0.25, 0.3) is 0 Å². The molecule has 1 rings (SSSR count). The molecule has 6 heteroatoms. The van der Waals surface area contributed by atoms with Gasteiger partial charge in [-0.2, -0.15) is 17.0 Å². The Balaban J connectivity index is 2.65. The minimum absolute atomic E-state index is 0.00271. The van der Waals surface area contributed by atoms with Gasteiger partial charge in [0.15, 0.2) is 0 Å². The van der Waals surface area contributed by atoms with Gasteiger partial charge in [-0.05, 0) is 32.6 Å². The molecule has 1 heterocycles. The third-order valence-electron chi connectivity index (χ3n) is 3.18. The Hall–Kier alpha value is 0.160. The van der Waals surface area contributed by atoms with Gasteiger partial charge >= 0.3 is 0 Å². The van der Waals surface area contributed by atoms with Crippen LogP contribution in [0.15, 0.2) is 0 Å². The summed E-state index contributed by atoms with van der Waals surface area (Å²) in [6, 6.07) is -0.00271. The van der Waals surface area contributed by atoms with Gasteiger partial charge in [0.1, 0.15) is 0 Å². The Morgan fingerprint density at radius 2 is 2.12 bits per heavy atom. The van der Waals surface area contributed by atoms with Crippen LogP contribution in [0.1, 0.15) is 26.7 Å². The molecule has 1 atom stereocenters. The van der Waals surface area contributed by atoms with Gasteiger partial charge in [0, 0.05) is 32.1 Å². The Bertz CT molecular complexity index is 319. The van der Waals surface area contributed by atoms with Crippen LogP contribution in [0.5, 0.6) is 0 Å². The van der Waals surface area contributed by atoms with E-state index >= 15 is 0 Å². The van der Waals surface area contributed by atoms with Crippen molar-refractivity contribution in [3.05, 3.63) is 0 Å². The first-order valence-corrected chi connectivity index (χ1v) is 7.61. The second-order valence-corrected chi connectivity index (χ2v) is 6.97. The van der Waals surface area contributed by atoms with Crippen LogP contribution in [0.3, 0.4) is 0 Å². The van der Waals surface area contributed by atoms with Crippen molar-refractivity contribution < 1.29 is 8.42 Å². The molecule has 0 aromatic carbocycles. The predicted molar refractivity (Wildman–Crippen MR) is 66.8 cm³/mol. The summed E-state index contributed by atoms with van der Waals surface area (Å²) in [6.45, 7) is 5.00. The molecule has 1 unspecified atom stereocenters. The minimum atomic E-state index is -3.27. The summed E-state index contributed by atoms with van der Waals surface area (Å²) in [5.41, 5.74) is 0. The molecule has 0 bridgehead atoms. The highest BCUT2D eigenvalue weighted by atomic mass is 35.5. The van der Waals surface area contributed by atoms with Gasteiger partial charge in [0.05, 0.1) is 0 Å². The van der Waals surface area contributed by atoms with Gasteiger partial charge in [-0.25, -0.2) is 0 Å². The van der Waals surface area contributed by atoms with E-state index in [1.54, 1.807) is 11.4 Å². The smallest absolute Gasteiger partial charge is 0.195 e. The molecule has 0 spiro atoms. The highest BCUT2D eigenvalue weighted by molar-refractivity contribution is 7.86. The number of halogens is 1. The van der Waals surface area contributed by atoms with Crippen LogP contribution in [-0.4, -0.2) is 49.1 Å². The third kappa shape index (κ3) is 3.09. The molecule has 0 saturated carbocycles. The normalized spacial score (nSPS) is 23.5. The fraction of sp³-hybridized carbons (Fsp3) is 1.00. The lowest BCUT2D eigenvalue weighted by Gasteiger charge is -2.26. The van der Waals surface area contributed by atoms with E-state index in [1.165, 1.54) is 4.31 Å². The summed E-state index contributed by atoms with van der Waals surface area (Å²) in [7, 11) is -1.63. The quantitative estimate of drug-likeness (QED) is 0.710. The second-order valence-electron chi connectivity index (χ2n) is 4.61. The van der Waals surface area contributed by atoms with Gasteiger partial charge in [0.2, 0.25) is 0 Å². The zero-order valence-corrected chi connectivity index (χ0v) is 11.8. The fourth-order valence-corrected chi connectivity index (χ4v) is 3.79. The average molecular weight is 269 g/mol. The summed E-state index contributed by atoms with van der Waals surface area (Å²) < 4.78 is 27.3. The van der Waals surface area contributed by atoms with Crippen molar-refractivity contribution >= 4 is 21.8 Å². The molecular formula is C10H21ClN2O2S. The Kier molecular flexibility index (Phi) is 5.04. The molecule has 0 radical (unpaired) electrons. The van der Waals surface area contributed by atoms with Gasteiger partial charge in [-0.15, -0.1) is 11.6 Å². The van der Waals surface area contributed by atoms with Crippen molar-refractivity contribution in [3.8, 4) is 0 Å². The Labute approximate surface area is 104 Å². The van der Waals surface area contributed by atoms with Crippen molar-refractivity contribution in [1.29, 1.82) is 0 Å². The number of hydrogen-bond donors (Lipinski definition) is 0. The molecule has 0 aromatic heterocycles. The van der Waals surface area contributed by atoms with E-state index in [2.05, 4.69) is 0 Å². The molecule has 0 aliphatic carbocycles. The first-order valence-electron chi connectivity index (χ1n) is 5.68. The Morgan fingerprint density at radius 1 is 1.50 bits per heavy atom. The molecule has 1 aliphatic rings. The number of nitrogens with zero attached hydrogens (tertiary/aromatic N) is 2. The molecule has 16 heavy (non-hydrogen) atoms. The molecule has 4 nitrogen and oxygen atoms in total. The minimum Gasteiger partial charge on any atom is -0.195 e. The molecule has 96 valence electrons. The zero-order chi connectivity index (χ0) is 12.3. The largest absolute Gasteiger partial charge is 0.281 e. The third-order valence-corrected chi connectivity index (χ3v) is 5.54. The summed E-state index contributed by atoms with van der Waals surface area (Å²) in [5.74, 6) is 1.03. The van der Waals surface area contributed by atoms with Crippen molar-refractivity contribution in [2.24, 2.45) is 5.92 Å². The second kappa shape index (κ2) is 5.67.